The fourth-order valence-corrected chi connectivity index (χ4v) is 4.37. The Kier molecular flexibility index (Phi) is 11.0. The topological polar surface area (TPSA) is 167 Å². The van der Waals surface area contributed by atoms with E-state index in [9.17, 15) is 28.8 Å². The predicted octanol–water partition coefficient (Wildman–Crippen LogP) is 2.88. The first-order chi connectivity index (χ1) is 20.3. The zero-order valence-electron chi connectivity index (χ0n) is 24.4. The first-order valence-corrected chi connectivity index (χ1v) is 13.2. The average molecular weight is 601 g/mol. The van der Waals surface area contributed by atoms with Crippen LogP contribution in [0.25, 0.3) is 0 Å². The van der Waals surface area contributed by atoms with Gasteiger partial charge in [0, 0.05) is 27.7 Å². The van der Waals surface area contributed by atoms with Gasteiger partial charge in [-0.1, -0.05) is 24.3 Å². The zero-order chi connectivity index (χ0) is 31.8. The summed E-state index contributed by atoms with van der Waals surface area (Å²) in [6, 6.07) is 11.1. The van der Waals surface area contributed by atoms with Gasteiger partial charge in [0.15, 0.2) is 18.0 Å². The molecule has 1 heterocycles. The Morgan fingerprint density at radius 2 is 1.30 bits per heavy atom. The molecule has 0 aromatic heterocycles. The Morgan fingerprint density at radius 3 is 1.86 bits per heavy atom. The van der Waals surface area contributed by atoms with Crippen molar-refractivity contribution in [3.05, 3.63) is 59.2 Å². The molecule has 0 amide bonds. The van der Waals surface area contributed by atoms with Crippen molar-refractivity contribution in [2.24, 2.45) is 0 Å². The normalized spacial score (nSPS) is 21.1. The first-order valence-electron chi connectivity index (χ1n) is 13.2. The van der Waals surface area contributed by atoms with Crippen molar-refractivity contribution < 1.29 is 61.9 Å². The molecule has 0 aliphatic carbocycles. The minimum Gasteiger partial charge on any atom is -0.463 e. The Balaban J connectivity index is 2.10. The number of hydrogen-bond acceptors (Lipinski definition) is 13. The molecule has 1 saturated heterocycles. The first kappa shape index (κ1) is 32.7. The van der Waals surface area contributed by atoms with Gasteiger partial charge in [0.2, 0.25) is 12.4 Å². The number of carbonyl (C=O) groups is 6. The molecule has 0 N–H and O–H groups in total. The summed E-state index contributed by atoms with van der Waals surface area (Å²) in [6.45, 7) is 6.79. The monoisotopic (exact) mass is 600 g/mol. The van der Waals surface area contributed by atoms with Gasteiger partial charge < -0.3 is 33.2 Å². The van der Waals surface area contributed by atoms with Crippen molar-refractivity contribution in [1.29, 1.82) is 0 Å². The van der Waals surface area contributed by atoms with Crippen LogP contribution in [0.3, 0.4) is 0 Å². The summed E-state index contributed by atoms with van der Waals surface area (Å²) < 4.78 is 39.0. The molecule has 230 valence electrons. The van der Waals surface area contributed by atoms with E-state index in [1.54, 1.807) is 37.3 Å². The van der Waals surface area contributed by atoms with E-state index in [4.69, 9.17) is 33.2 Å². The number of ketones is 1. The van der Waals surface area contributed by atoms with Crippen molar-refractivity contribution in [2.45, 2.75) is 72.2 Å². The quantitative estimate of drug-likeness (QED) is 0.169. The van der Waals surface area contributed by atoms with Crippen LogP contribution in [0.15, 0.2) is 42.5 Å². The summed E-state index contributed by atoms with van der Waals surface area (Å²) in [4.78, 5) is 73.5. The van der Waals surface area contributed by atoms with Crippen molar-refractivity contribution in [2.75, 3.05) is 6.61 Å². The van der Waals surface area contributed by atoms with Gasteiger partial charge in [-0.05, 0) is 37.6 Å². The fraction of sp³-hybridized carbons (Fsp3) is 0.400. The van der Waals surface area contributed by atoms with Gasteiger partial charge in [-0.15, -0.1) is 0 Å². The molecule has 0 bridgehead atoms. The summed E-state index contributed by atoms with van der Waals surface area (Å²) in [5, 5.41) is 0. The highest BCUT2D eigenvalue weighted by molar-refractivity contribution is 6.01. The molecule has 1 fully saturated rings. The maximum atomic E-state index is 12.9. The number of Topliss-reactive ketones (excluding diaryl/α,β-unsaturated/α-hetero) is 1. The summed E-state index contributed by atoms with van der Waals surface area (Å²) in [7, 11) is 0. The molecule has 1 aliphatic heterocycles. The number of aryl methyl sites for hydroxylation is 1. The lowest BCUT2D eigenvalue weighted by atomic mass is 9.97. The number of rotatable bonds is 10. The number of benzene rings is 2. The Morgan fingerprint density at radius 1 is 0.721 bits per heavy atom. The second kappa shape index (κ2) is 14.4. The third kappa shape index (κ3) is 8.61. The zero-order valence-corrected chi connectivity index (χ0v) is 24.4. The third-order valence-electron chi connectivity index (χ3n) is 6.06. The second-order valence-electron chi connectivity index (χ2n) is 9.58. The van der Waals surface area contributed by atoms with E-state index in [0.717, 1.165) is 27.7 Å². The fourth-order valence-electron chi connectivity index (χ4n) is 4.37. The minimum atomic E-state index is -1.60. The van der Waals surface area contributed by atoms with Crippen molar-refractivity contribution >= 4 is 35.6 Å². The van der Waals surface area contributed by atoms with Gasteiger partial charge in [-0.3, -0.25) is 24.0 Å². The highest BCUT2D eigenvalue weighted by Crippen LogP contribution is 2.37. The lowest BCUT2D eigenvalue weighted by Crippen LogP contribution is -2.63. The van der Waals surface area contributed by atoms with E-state index < -0.39 is 72.9 Å². The lowest BCUT2D eigenvalue weighted by Gasteiger charge is -2.44. The van der Waals surface area contributed by atoms with E-state index in [0.29, 0.717) is 5.56 Å². The van der Waals surface area contributed by atoms with Crippen LogP contribution in [0.2, 0.25) is 0 Å². The Hall–Kier alpha value is -4.78. The van der Waals surface area contributed by atoms with Crippen molar-refractivity contribution in [3.8, 4) is 11.5 Å². The standard InChI is InChI=1S/C30H32O13/c1-15-12-13-22(41-29(36)21-10-8-7-9-11-21)24(16(2)31)25(15)43-30-28(40-20(6)35)27(39-19(5)34)26(38-18(4)33)23(42-30)14-37-17(3)32/h7-13,23,26-28,30H,14H2,1-6H3/t23-,26-,27+,28-,30+/m1/s1. The molecule has 0 spiro atoms. The van der Waals surface area contributed by atoms with Crippen LogP contribution in [0.1, 0.15) is 60.9 Å². The maximum absolute atomic E-state index is 12.9. The molecule has 43 heavy (non-hydrogen) atoms. The van der Waals surface area contributed by atoms with Crippen LogP contribution >= 0.6 is 0 Å². The Labute approximate surface area is 247 Å². The number of ether oxygens (including phenoxy) is 7. The summed E-state index contributed by atoms with van der Waals surface area (Å²) in [6.07, 6.45) is -7.28. The molecular weight excluding hydrogens is 568 g/mol. The lowest BCUT2D eigenvalue weighted by molar-refractivity contribution is -0.288. The molecule has 0 radical (unpaired) electrons. The predicted molar refractivity (Wildman–Crippen MR) is 145 cm³/mol. The van der Waals surface area contributed by atoms with E-state index in [1.807, 2.05) is 0 Å². The molecule has 13 nitrogen and oxygen atoms in total. The van der Waals surface area contributed by atoms with Crippen LogP contribution < -0.4 is 9.47 Å². The van der Waals surface area contributed by atoms with Gasteiger partial charge in [0.1, 0.15) is 29.8 Å². The highest BCUT2D eigenvalue weighted by atomic mass is 16.7. The van der Waals surface area contributed by atoms with Gasteiger partial charge in [-0.25, -0.2) is 4.79 Å². The SMILES string of the molecule is CC(=O)OC[C@H]1O[C@@H](Oc2c(C)ccc(OC(=O)c3ccccc3)c2C(C)=O)[C@H](OC(C)=O)[C@@H](OC(C)=O)[C@@H]1OC(C)=O. The minimum absolute atomic E-state index is 0.0910. The molecule has 1 aliphatic rings. The average Bonchev–Trinajstić information content (AvgIpc) is 2.92. The van der Waals surface area contributed by atoms with Crippen LogP contribution in [0, 0.1) is 6.92 Å². The third-order valence-corrected chi connectivity index (χ3v) is 6.06. The summed E-state index contributed by atoms with van der Waals surface area (Å²) >= 11 is 0. The van der Waals surface area contributed by atoms with E-state index in [2.05, 4.69) is 0 Å². The molecular formula is C30H32O13. The van der Waals surface area contributed by atoms with Gasteiger partial charge in [-0.2, -0.15) is 0 Å². The molecule has 0 saturated carbocycles. The summed E-state index contributed by atoms with van der Waals surface area (Å²) in [5.74, 6) is -4.60. The number of hydrogen-bond donors (Lipinski definition) is 0. The van der Waals surface area contributed by atoms with Gasteiger partial charge in [0.05, 0.1) is 5.56 Å². The van der Waals surface area contributed by atoms with Crippen LogP contribution in [0.4, 0.5) is 0 Å². The van der Waals surface area contributed by atoms with Gasteiger partial charge in [0.25, 0.3) is 0 Å². The molecule has 13 heteroatoms. The van der Waals surface area contributed by atoms with E-state index in [1.165, 1.54) is 19.1 Å². The van der Waals surface area contributed by atoms with Crippen LogP contribution in [-0.4, -0.2) is 72.9 Å². The summed E-state index contributed by atoms with van der Waals surface area (Å²) in [5.41, 5.74) is 0.509. The van der Waals surface area contributed by atoms with Crippen LogP contribution in [0.5, 0.6) is 11.5 Å². The largest absolute Gasteiger partial charge is 0.463 e. The second-order valence-corrected chi connectivity index (χ2v) is 9.58. The van der Waals surface area contributed by atoms with Crippen molar-refractivity contribution in [3.63, 3.8) is 0 Å². The molecule has 0 unspecified atom stereocenters. The highest BCUT2D eigenvalue weighted by Gasteiger charge is 2.53. The smallest absolute Gasteiger partial charge is 0.343 e. The molecule has 5 atom stereocenters. The van der Waals surface area contributed by atoms with E-state index in [-0.39, 0.29) is 22.6 Å². The van der Waals surface area contributed by atoms with Crippen LogP contribution in [-0.2, 0) is 42.9 Å². The Bertz CT molecular complexity index is 1380. The molecule has 2 aromatic carbocycles. The van der Waals surface area contributed by atoms with E-state index >= 15 is 0 Å². The molecule has 3 rings (SSSR count). The van der Waals surface area contributed by atoms with Crippen molar-refractivity contribution in [1.82, 2.24) is 0 Å². The number of carbonyl (C=O) groups excluding carboxylic acids is 6. The van der Waals surface area contributed by atoms with Gasteiger partial charge >= 0.3 is 29.8 Å². The maximum Gasteiger partial charge on any atom is 0.343 e. The number of esters is 5. The molecule has 2 aromatic rings.